The normalized spacial score (nSPS) is 14.5. The summed E-state index contributed by atoms with van der Waals surface area (Å²) in [6, 6.07) is 5.46. The summed E-state index contributed by atoms with van der Waals surface area (Å²) in [5.41, 5.74) is 2.58. The number of unbranched alkanes of at least 4 members (excludes halogenated alkanes) is 28. The van der Waals surface area contributed by atoms with Gasteiger partial charge >= 0.3 is 19.8 Å². The highest BCUT2D eigenvalue weighted by Gasteiger charge is 2.35. The molecule has 0 radical (unpaired) electrons. The Morgan fingerprint density at radius 2 is 1.11 bits per heavy atom. The number of Topliss-reactive ketones (excluding diaryl/α,β-unsaturated/α-hetero) is 1. The summed E-state index contributed by atoms with van der Waals surface area (Å²) in [4.78, 5) is 78.8. The largest absolute Gasteiger partial charge is 0.473 e. The second-order valence-corrected chi connectivity index (χ2v) is 22.7. The molecule has 2 unspecified atom stereocenters. The molecule has 1 aromatic heterocycles. The van der Waals surface area contributed by atoms with Crippen molar-refractivity contribution >= 4 is 58.9 Å². The maximum absolute atomic E-state index is 13.4. The van der Waals surface area contributed by atoms with Crippen molar-refractivity contribution in [3.05, 3.63) is 24.4 Å². The average Bonchev–Trinajstić information content (AvgIpc) is 3.67. The Hall–Kier alpha value is -2.33. The molecule has 402 valence electrons. The van der Waals surface area contributed by atoms with E-state index in [0.29, 0.717) is 18.6 Å². The van der Waals surface area contributed by atoms with E-state index in [-0.39, 0.29) is 32.1 Å². The minimum absolute atomic E-state index is 0.00209. The first kappa shape index (κ1) is 63.8. The Morgan fingerprint density at radius 1 is 0.657 bits per heavy atom. The van der Waals surface area contributed by atoms with E-state index >= 15 is 0 Å². The van der Waals surface area contributed by atoms with E-state index in [1.54, 1.807) is 12.3 Å². The van der Waals surface area contributed by atoms with Crippen LogP contribution in [0.25, 0.3) is 0 Å². The number of phosphoric ester groups is 1. The number of amides is 2. The number of hydrazine groups is 1. The van der Waals surface area contributed by atoms with Gasteiger partial charge in [-0.25, -0.2) is 20.0 Å². The maximum Gasteiger partial charge on any atom is 0.473 e. The van der Waals surface area contributed by atoms with Gasteiger partial charge in [0.05, 0.1) is 6.61 Å². The number of aromatic nitrogens is 1. The molecule has 3 atom stereocenters. The Morgan fingerprint density at radius 3 is 1.57 bits per heavy atom. The van der Waals surface area contributed by atoms with Crippen molar-refractivity contribution in [2.24, 2.45) is 0 Å². The number of carbonyl (C=O) groups excluding carboxylic acids is 5. The number of hydrogen-bond acceptors (Lipinski definition) is 14. The van der Waals surface area contributed by atoms with E-state index in [1.807, 2.05) is 12.1 Å². The molecule has 17 heteroatoms. The molecule has 0 aliphatic carbocycles. The van der Waals surface area contributed by atoms with Crippen LogP contribution in [-0.2, 0) is 47.1 Å². The molecule has 1 aromatic rings. The average molecular weight is 1040 g/mol. The van der Waals surface area contributed by atoms with Crippen LogP contribution in [0.2, 0.25) is 0 Å². The molecule has 2 heterocycles. The van der Waals surface area contributed by atoms with Crippen LogP contribution in [0.5, 0.6) is 0 Å². The molecule has 2 N–H and O–H groups in total. The Kier molecular flexibility index (Phi) is 39.3. The number of carbonyl (C=O) groups is 5. The first-order chi connectivity index (χ1) is 34.0. The van der Waals surface area contributed by atoms with Crippen LogP contribution in [0.3, 0.4) is 0 Å². The van der Waals surface area contributed by atoms with Gasteiger partial charge in [0, 0.05) is 50.6 Å². The molecule has 1 aliphatic heterocycles. The van der Waals surface area contributed by atoms with Crippen molar-refractivity contribution in [3.8, 4) is 0 Å². The third-order valence-corrected chi connectivity index (χ3v) is 15.7. The van der Waals surface area contributed by atoms with Crippen molar-refractivity contribution in [3.63, 3.8) is 0 Å². The summed E-state index contributed by atoms with van der Waals surface area (Å²) >= 11 is 0. The minimum Gasteiger partial charge on any atom is -0.462 e. The molecule has 1 aliphatic rings. The smallest absolute Gasteiger partial charge is 0.462 e. The van der Waals surface area contributed by atoms with Crippen molar-refractivity contribution in [2.45, 2.75) is 256 Å². The van der Waals surface area contributed by atoms with Gasteiger partial charge in [-0.15, -0.1) is 0 Å². The van der Waals surface area contributed by atoms with Gasteiger partial charge in [-0.05, 0) is 35.8 Å². The number of ketones is 1. The van der Waals surface area contributed by atoms with Crippen LogP contribution < -0.4 is 5.43 Å². The third-order valence-electron chi connectivity index (χ3n) is 12.4. The van der Waals surface area contributed by atoms with E-state index in [0.717, 1.165) is 48.6 Å². The lowest BCUT2D eigenvalue weighted by atomic mass is 10.0. The first-order valence-corrected chi connectivity index (χ1v) is 31.2. The molecular weight excluding hydrogens is 950 g/mol. The monoisotopic (exact) mass is 1040 g/mol. The lowest BCUT2D eigenvalue weighted by molar-refractivity contribution is -0.161. The van der Waals surface area contributed by atoms with E-state index in [9.17, 15) is 33.4 Å². The number of imide groups is 1. The molecule has 1 saturated heterocycles. The van der Waals surface area contributed by atoms with Gasteiger partial charge < -0.3 is 14.4 Å². The molecule has 0 spiro atoms. The minimum atomic E-state index is -5.03. The molecule has 0 bridgehead atoms. The number of phosphoric acid groups is 1. The summed E-state index contributed by atoms with van der Waals surface area (Å²) in [5, 5.41) is 1.52. The standard InChI is InChI=1S/C53H92N3O11PS2/c1-3-5-7-9-11-13-15-17-19-21-23-25-27-29-31-36-52(60)64-44-46(66-53(61)37-32-30-28-26-24-22-20-18-16-14-12-10-8-6-4-2)45-65-68(62,63)67-48(43-55-56-50(58)38-39-51(56)59)47(57)40-42-69-70-49-35-33-34-41-54-49/h33-35,41,46,48,55H,3-32,36-40,42-45H2,1-2H3,(H,62,63)/t46-,48?/m1/s1. The summed E-state index contributed by atoms with van der Waals surface area (Å²) in [7, 11) is -2.31. The summed E-state index contributed by atoms with van der Waals surface area (Å²) in [5.74, 6) is -2.27. The highest BCUT2D eigenvalue weighted by molar-refractivity contribution is 8.76. The van der Waals surface area contributed by atoms with Crippen LogP contribution in [-0.4, -0.2) is 82.1 Å². The van der Waals surface area contributed by atoms with Crippen molar-refractivity contribution < 1.29 is 52.0 Å². The van der Waals surface area contributed by atoms with Crippen LogP contribution in [0.1, 0.15) is 239 Å². The van der Waals surface area contributed by atoms with Gasteiger partial charge in [0.1, 0.15) is 17.7 Å². The quantitative estimate of drug-likeness (QED) is 0.0206. The van der Waals surface area contributed by atoms with Crippen LogP contribution in [0, 0.1) is 0 Å². The zero-order chi connectivity index (χ0) is 50.8. The fraction of sp³-hybridized carbons (Fsp3) is 0.811. The fourth-order valence-electron chi connectivity index (χ4n) is 8.21. The van der Waals surface area contributed by atoms with Gasteiger partial charge in [-0.1, -0.05) is 210 Å². The van der Waals surface area contributed by atoms with Gasteiger partial charge in [0.25, 0.3) is 0 Å². The topological polar surface area (TPSA) is 188 Å². The Balaban J connectivity index is 1.85. The number of nitrogens with zero attached hydrogens (tertiary/aromatic N) is 2. The van der Waals surface area contributed by atoms with Gasteiger partial charge in [0.2, 0.25) is 11.8 Å². The third kappa shape index (κ3) is 34.9. The molecule has 2 rings (SSSR count). The summed E-state index contributed by atoms with van der Waals surface area (Å²) < 4.78 is 35.2. The number of rotatable bonds is 49. The molecule has 0 saturated carbocycles. The predicted octanol–water partition coefficient (Wildman–Crippen LogP) is 13.9. The zero-order valence-electron chi connectivity index (χ0n) is 43.2. The van der Waals surface area contributed by atoms with E-state index < -0.39 is 69.3 Å². The molecule has 2 amide bonds. The molecule has 0 aromatic carbocycles. The first-order valence-electron chi connectivity index (χ1n) is 27.4. The molecule has 14 nitrogen and oxygen atoms in total. The van der Waals surface area contributed by atoms with Crippen LogP contribution in [0.15, 0.2) is 29.4 Å². The van der Waals surface area contributed by atoms with E-state index in [4.69, 9.17) is 18.5 Å². The van der Waals surface area contributed by atoms with Gasteiger partial charge in [0.15, 0.2) is 11.9 Å². The zero-order valence-corrected chi connectivity index (χ0v) is 45.8. The molecular formula is C53H92N3O11PS2. The fourth-order valence-corrected chi connectivity index (χ4v) is 11.0. The SMILES string of the molecule is CCCCCCCCCCCCCCCCCC(=O)OC[C@H](COP(=O)(O)OC(CNN1C(=O)CCC1=O)C(=O)CCSSc1ccccn1)OC(=O)CCCCCCCCCCCCCCCCC. The van der Waals surface area contributed by atoms with E-state index in [1.165, 1.54) is 163 Å². The Bertz CT molecular complexity index is 1560. The summed E-state index contributed by atoms with van der Waals surface area (Å²) in [6.07, 6.45) is 35.1. The number of hydrogen-bond donors (Lipinski definition) is 2. The lowest BCUT2D eigenvalue weighted by Gasteiger charge is -2.24. The highest BCUT2D eigenvalue weighted by atomic mass is 33.1. The van der Waals surface area contributed by atoms with Crippen molar-refractivity contribution in [1.29, 1.82) is 0 Å². The van der Waals surface area contributed by atoms with Crippen LogP contribution >= 0.6 is 29.4 Å². The molecule has 1 fully saturated rings. The van der Waals surface area contributed by atoms with Crippen LogP contribution in [0.4, 0.5) is 0 Å². The van der Waals surface area contributed by atoms with Gasteiger partial charge in [-0.2, -0.15) is 0 Å². The van der Waals surface area contributed by atoms with Crippen molar-refractivity contribution in [1.82, 2.24) is 15.4 Å². The van der Waals surface area contributed by atoms with Crippen molar-refractivity contribution in [2.75, 3.05) is 25.5 Å². The summed E-state index contributed by atoms with van der Waals surface area (Å²) in [6.45, 7) is 2.99. The second-order valence-electron chi connectivity index (χ2n) is 18.8. The number of esters is 2. The highest BCUT2D eigenvalue weighted by Crippen LogP contribution is 2.45. The maximum atomic E-state index is 13.4. The number of ether oxygens (including phenoxy) is 2. The van der Waals surface area contributed by atoms with E-state index in [2.05, 4.69) is 24.3 Å². The van der Waals surface area contributed by atoms with Gasteiger partial charge in [-0.3, -0.25) is 33.0 Å². The molecule has 70 heavy (non-hydrogen) atoms. The second kappa shape index (κ2) is 43.1. The lowest BCUT2D eigenvalue weighted by Crippen LogP contribution is -2.47. The number of nitrogens with one attached hydrogen (secondary N) is 1. The Labute approximate surface area is 430 Å². The number of pyridine rings is 1. The predicted molar refractivity (Wildman–Crippen MR) is 282 cm³/mol.